The van der Waals surface area contributed by atoms with E-state index in [0.29, 0.717) is 37.9 Å². The molecule has 1 amide bonds. The Bertz CT molecular complexity index is 681. The van der Waals surface area contributed by atoms with Crippen molar-refractivity contribution in [3.05, 3.63) is 30.4 Å². The molecule has 1 fully saturated rings. The van der Waals surface area contributed by atoms with E-state index in [9.17, 15) is 4.79 Å². The Morgan fingerprint density at radius 1 is 1.33 bits per heavy atom. The molecule has 0 aromatic carbocycles. The highest BCUT2D eigenvalue weighted by molar-refractivity contribution is 5.78. The van der Waals surface area contributed by atoms with Crippen LogP contribution in [0.2, 0.25) is 0 Å². The molecule has 1 aliphatic heterocycles. The van der Waals surface area contributed by atoms with Crippen LogP contribution in [0.1, 0.15) is 18.5 Å². The second kappa shape index (κ2) is 7.87. The smallest absolute Gasteiger partial charge is 0.223 e. The fraction of sp³-hybridized carbons (Fsp3) is 0.500. The van der Waals surface area contributed by atoms with Gasteiger partial charge in [0, 0.05) is 44.5 Å². The van der Waals surface area contributed by atoms with Gasteiger partial charge >= 0.3 is 0 Å². The van der Waals surface area contributed by atoms with Crippen LogP contribution in [-0.4, -0.2) is 52.0 Å². The highest BCUT2D eigenvalue weighted by Gasteiger charge is 2.20. The molecule has 128 valence electrons. The number of hydrogen-bond acceptors (Lipinski definition) is 6. The maximum atomic E-state index is 12.0. The van der Waals surface area contributed by atoms with E-state index >= 15 is 0 Å². The number of ether oxygens (including phenoxy) is 1. The van der Waals surface area contributed by atoms with Crippen molar-refractivity contribution < 1.29 is 9.53 Å². The van der Waals surface area contributed by atoms with Crippen LogP contribution in [0.4, 0.5) is 5.82 Å². The molecule has 0 radical (unpaired) electrons. The van der Waals surface area contributed by atoms with Gasteiger partial charge in [0.2, 0.25) is 5.91 Å². The molecule has 2 aromatic rings. The Labute approximate surface area is 140 Å². The van der Waals surface area contributed by atoms with Crippen LogP contribution < -0.4 is 10.6 Å². The van der Waals surface area contributed by atoms with Gasteiger partial charge in [-0.05, 0) is 25.8 Å². The molecule has 0 bridgehead atoms. The number of aryl methyl sites for hydroxylation is 1. The van der Waals surface area contributed by atoms with Crippen LogP contribution in [0, 0.1) is 12.8 Å². The lowest BCUT2D eigenvalue weighted by molar-refractivity contribution is -0.127. The molecule has 24 heavy (non-hydrogen) atoms. The zero-order valence-electron chi connectivity index (χ0n) is 13.7. The summed E-state index contributed by atoms with van der Waals surface area (Å²) in [6, 6.07) is 3.74. The lowest BCUT2D eigenvalue weighted by Gasteiger charge is -2.21. The molecule has 0 atom stereocenters. The monoisotopic (exact) mass is 330 g/mol. The van der Waals surface area contributed by atoms with Gasteiger partial charge in [-0.25, -0.2) is 14.6 Å². The normalized spacial score (nSPS) is 15.2. The van der Waals surface area contributed by atoms with Crippen LogP contribution in [-0.2, 0) is 9.53 Å². The summed E-state index contributed by atoms with van der Waals surface area (Å²) < 4.78 is 6.97. The lowest BCUT2D eigenvalue weighted by Crippen LogP contribution is -2.36. The molecular formula is C16H22N6O2. The second-order valence-electron chi connectivity index (χ2n) is 5.77. The van der Waals surface area contributed by atoms with Crippen molar-refractivity contribution in [1.82, 2.24) is 25.1 Å². The van der Waals surface area contributed by atoms with Crippen molar-refractivity contribution in [3.63, 3.8) is 0 Å². The standard InChI is InChI=1S/C16H22N6O2/c1-12-2-7-22(21-12)15-10-14(19-11-20-15)17-5-6-18-16(23)13-3-8-24-9-4-13/h2,7,10-11,13H,3-6,8-9H2,1H3,(H,18,23)(H,17,19,20). The number of aromatic nitrogens is 4. The summed E-state index contributed by atoms with van der Waals surface area (Å²) in [6.45, 7) is 4.43. The Hall–Kier alpha value is -2.48. The SMILES string of the molecule is Cc1ccn(-c2cc(NCCNC(=O)C3CCOCC3)ncn2)n1. The van der Waals surface area contributed by atoms with Gasteiger partial charge in [-0.1, -0.05) is 0 Å². The summed E-state index contributed by atoms with van der Waals surface area (Å²) in [5.74, 6) is 1.59. The minimum atomic E-state index is 0.0763. The summed E-state index contributed by atoms with van der Waals surface area (Å²) in [7, 11) is 0. The third-order valence-corrected chi connectivity index (χ3v) is 3.93. The first-order valence-corrected chi connectivity index (χ1v) is 8.16. The summed E-state index contributed by atoms with van der Waals surface area (Å²) in [6.07, 6.45) is 4.96. The topological polar surface area (TPSA) is 94.0 Å². The van der Waals surface area contributed by atoms with Crippen LogP contribution in [0.25, 0.3) is 5.82 Å². The number of nitrogens with one attached hydrogen (secondary N) is 2. The Balaban J connectivity index is 1.46. The van der Waals surface area contributed by atoms with Crippen LogP contribution in [0.5, 0.6) is 0 Å². The number of amides is 1. The van der Waals surface area contributed by atoms with Gasteiger partial charge in [0.1, 0.15) is 12.1 Å². The molecule has 0 saturated carbocycles. The maximum Gasteiger partial charge on any atom is 0.223 e. The molecule has 0 unspecified atom stereocenters. The molecule has 1 saturated heterocycles. The molecule has 1 aliphatic rings. The van der Waals surface area contributed by atoms with Crippen molar-refractivity contribution in [2.75, 3.05) is 31.6 Å². The van der Waals surface area contributed by atoms with E-state index < -0.39 is 0 Å². The first-order valence-electron chi connectivity index (χ1n) is 8.16. The van der Waals surface area contributed by atoms with Gasteiger partial charge in [0.05, 0.1) is 5.69 Å². The van der Waals surface area contributed by atoms with Gasteiger partial charge in [0.25, 0.3) is 0 Å². The molecule has 2 aromatic heterocycles. The third-order valence-electron chi connectivity index (χ3n) is 3.93. The molecule has 8 heteroatoms. The zero-order valence-corrected chi connectivity index (χ0v) is 13.7. The van der Waals surface area contributed by atoms with Gasteiger partial charge in [0.15, 0.2) is 5.82 Å². The maximum absolute atomic E-state index is 12.0. The first kappa shape index (κ1) is 16.4. The number of carbonyl (C=O) groups excluding carboxylic acids is 1. The lowest BCUT2D eigenvalue weighted by atomic mass is 9.99. The van der Waals surface area contributed by atoms with E-state index in [4.69, 9.17) is 4.74 Å². The second-order valence-corrected chi connectivity index (χ2v) is 5.77. The quantitative estimate of drug-likeness (QED) is 0.765. The van der Waals surface area contributed by atoms with Crippen molar-refractivity contribution >= 4 is 11.7 Å². The fourth-order valence-electron chi connectivity index (χ4n) is 2.59. The van der Waals surface area contributed by atoms with E-state index in [2.05, 4.69) is 25.7 Å². The Morgan fingerprint density at radius 3 is 2.92 bits per heavy atom. The van der Waals surface area contributed by atoms with Gasteiger partial charge in [-0.2, -0.15) is 5.10 Å². The number of rotatable bonds is 6. The summed E-state index contributed by atoms with van der Waals surface area (Å²) in [4.78, 5) is 20.4. The highest BCUT2D eigenvalue weighted by atomic mass is 16.5. The first-order chi connectivity index (χ1) is 11.7. The minimum absolute atomic E-state index is 0.0763. The number of carbonyl (C=O) groups is 1. The molecule has 3 heterocycles. The van der Waals surface area contributed by atoms with Crippen LogP contribution >= 0.6 is 0 Å². The molecule has 0 aliphatic carbocycles. The Kier molecular flexibility index (Phi) is 5.37. The van der Waals surface area contributed by atoms with Gasteiger partial charge in [-0.3, -0.25) is 4.79 Å². The van der Waals surface area contributed by atoms with Crippen molar-refractivity contribution in [1.29, 1.82) is 0 Å². The third kappa shape index (κ3) is 4.29. The van der Waals surface area contributed by atoms with Crippen LogP contribution in [0.3, 0.4) is 0 Å². The van der Waals surface area contributed by atoms with Crippen molar-refractivity contribution in [3.8, 4) is 5.82 Å². The minimum Gasteiger partial charge on any atom is -0.381 e. The van der Waals surface area contributed by atoms with E-state index in [1.165, 1.54) is 6.33 Å². The van der Waals surface area contributed by atoms with Crippen molar-refractivity contribution in [2.24, 2.45) is 5.92 Å². The van der Waals surface area contributed by atoms with Crippen LogP contribution in [0.15, 0.2) is 24.7 Å². The number of anilines is 1. The molecule has 8 nitrogen and oxygen atoms in total. The molecule has 3 rings (SSSR count). The number of hydrogen-bond donors (Lipinski definition) is 2. The van der Waals surface area contributed by atoms with Gasteiger partial charge in [-0.15, -0.1) is 0 Å². The van der Waals surface area contributed by atoms with Crippen molar-refractivity contribution in [2.45, 2.75) is 19.8 Å². The van der Waals surface area contributed by atoms with E-state index in [1.807, 2.05) is 25.3 Å². The highest BCUT2D eigenvalue weighted by Crippen LogP contribution is 2.14. The Morgan fingerprint density at radius 2 is 2.17 bits per heavy atom. The largest absolute Gasteiger partial charge is 0.381 e. The average Bonchev–Trinajstić information content (AvgIpc) is 3.06. The summed E-state index contributed by atoms with van der Waals surface area (Å²) in [5, 5.41) is 10.5. The molecular weight excluding hydrogens is 308 g/mol. The fourth-order valence-corrected chi connectivity index (χ4v) is 2.59. The zero-order chi connectivity index (χ0) is 16.8. The summed E-state index contributed by atoms with van der Waals surface area (Å²) >= 11 is 0. The molecule has 2 N–H and O–H groups in total. The number of nitrogens with zero attached hydrogens (tertiary/aromatic N) is 4. The van der Waals surface area contributed by atoms with E-state index in [-0.39, 0.29) is 11.8 Å². The van der Waals surface area contributed by atoms with E-state index in [0.717, 1.165) is 18.5 Å². The predicted octanol–water partition coefficient (Wildman–Crippen LogP) is 0.925. The summed E-state index contributed by atoms with van der Waals surface area (Å²) in [5.41, 5.74) is 0.930. The average molecular weight is 330 g/mol. The predicted molar refractivity (Wildman–Crippen MR) is 88.9 cm³/mol. The molecule has 0 spiro atoms. The van der Waals surface area contributed by atoms with E-state index in [1.54, 1.807) is 4.68 Å². The van der Waals surface area contributed by atoms with Gasteiger partial charge < -0.3 is 15.4 Å².